The Morgan fingerprint density at radius 1 is 0.786 bits per heavy atom. The van der Waals surface area contributed by atoms with Crippen LogP contribution in [0.1, 0.15) is 40.0 Å². The first kappa shape index (κ1) is 19.4. The van der Waals surface area contributed by atoms with Gasteiger partial charge in [0.05, 0.1) is 11.6 Å². The summed E-state index contributed by atoms with van der Waals surface area (Å²) < 4.78 is 5.40. The average Bonchev–Trinajstić information content (AvgIpc) is 2.73. The van der Waals surface area contributed by atoms with Gasteiger partial charge in [0.25, 0.3) is 5.91 Å². The highest BCUT2D eigenvalue weighted by Crippen LogP contribution is 2.22. The zero-order chi connectivity index (χ0) is 19.9. The van der Waals surface area contributed by atoms with Gasteiger partial charge < -0.3 is 10.1 Å². The number of esters is 1. The summed E-state index contributed by atoms with van der Waals surface area (Å²) in [6.07, 6.45) is -0.915. The lowest BCUT2D eigenvalue weighted by molar-refractivity contribution is -0.129. The van der Waals surface area contributed by atoms with Gasteiger partial charge in [-0.05, 0) is 36.6 Å². The predicted molar refractivity (Wildman–Crippen MR) is 109 cm³/mol. The van der Waals surface area contributed by atoms with Crippen molar-refractivity contribution in [1.29, 1.82) is 0 Å². The minimum absolute atomic E-state index is 0.325. The van der Waals surface area contributed by atoms with Crippen LogP contribution in [-0.2, 0) is 9.53 Å². The maximum atomic E-state index is 12.8. The molecule has 0 aliphatic heterocycles. The highest BCUT2D eigenvalue weighted by atomic mass is 16.5. The second kappa shape index (κ2) is 9.00. The van der Waals surface area contributed by atoms with Crippen LogP contribution in [0.25, 0.3) is 0 Å². The summed E-state index contributed by atoms with van der Waals surface area (Å²) in [5.74, 6) is -0.851. The van der Waals surface area contributed by atoms with Crippen molar-refractivity contribution >= 4 is 11.9 Å². The first-order valence-electron chi connectivity index (χ1n) is 9.23. The van der Waals surface area contributed by atoms with Crippen LogP contribution in [-0.4, -0.2) is 18.0 Å². The van der Waals surface area contributed by atoms with Gasteiger partial charge in [-0.3, -0.25) is 4.79 Å². The second-order valence-electron chi connectivity index (χ2n) is 6.63. The summed E-state index contributed by atoms with van der Waals surface area (Å²) in [4.78, 5) is 25.2. The summed E-state index contributed by atoms with van der Waals surface area (Å²) in [5, 5.41) is 3.00. The van der Waals surface area contributed by atoms with Gasteiger partial charge in [-0.2, -0.15) is 0 Å². The number of ether oxygens (including phenoxy) is 1. The largest absolute Gasteiger partial charge is 0.449 e. The van der Waals surface area contributed by atoms with Gasteiger partial charge in [-0.15, -0.1) is 0 Å². The Balaban J connectivity index is 1.75. The third-order valence-electron chi connectivity index (χ3n) is 4.57. The molecule has 1 N–H and O–H groups in total. The molecule has 28 heavy (non-hydrogen) atoms. The van der Waals surface area contributed by atoms with Gasteiger partial charge >= 0.3 is 5.97 Å². The molecule has 4 nitrogen and oxygen atoms in total. The molecule has 3 rings (SSSR count). The van der Waals surface area contributed by atoms with E-state index in [1.165, 1.54) is 0 Å². The zero-order valence-corrected chi connectivity index (χ0v) is 16.0. The third kappa shape index (κ3) is 4.65. The monoisotopic (exact) mass is 373 g/mol. The number of aryl methyl sites for hydroxylation is 1. The lowest BCUT2D eigenvalue weighted by Crippen LogP contribution is -2.38. The molecule has 0 spiro atoms. The van der Waals surface area contributed by atoms with Crippen molar-refractivity contribution < 1.29 is 14.3 Å². The SMILES string of the molecule is Cc1ccccc1C(=O)O[C@@H](C)C(=O)NC(c1ccccc1)c1ccccc1. The number of benzene rings is 3. The topological polar surface area (TPSA) is 55.4 Å². The number of carbonyl (C=O) groups excluding carboxylic acids is 2. The molecule has 0 unspecified atom stereocenters. The maximum absolute atomic E-state index is 12.8. The lowest BCUT2D eigenvalue weighted by Gasteiger charge is -2.22. The molecule has 1 amide bonds. The summed E-state index contributed by atoms with van der Waals surface area (Å²) >= 11 is 0. The van der Waals surface area contributed by atoms with E-state index in [1.54, 1.807) is 19.1 Å². The Labute approximate surface area is 165 Å². The van der Waals surface area contributed by atoms with Gasteiger partial charge in [0.1, 0.15) is 0 Å². The van der Waals surface area contributed by atoms with Gasteiger partial charge in [0.2, 0.25) is 0 Å². The van der Waals surface area contributed by atoms with Crippen LogP contribution in [0.5, 0.6) is 0 Å². The predicted octanol–water partition coefficient (Wildman–Crippen LogP) is 4.45. The van der Waals surface area contributed by atoms with Crippen LogP contribution in [0.4, 0.5) is 0 Å². The van der Waals surface area contributed by atoms with Crippen LogP contribution >= 0.6 is 0 Å². The van der Waals surface area contributed by atoms with Crippen molar-refractivity contribution in [2.75, 3.05) is 0 Å². The summed E-state index contributed by atoms with van der Waals surface area (Å²) in [6.45, 7) is 3.42. The van der Waals surface area contributed by atoms with E-state index >= 15 is 0 Å². The summed E-state index contributed by atoms with van der Waals surface area (Å²) in [7, 11) is 0. The summed E-state index contributed by atoms with van der Waals surface area (Å²) in [5.41, 5.74) is 3.19. The first-order chi connectivity index (χ1) is 13.6. The molecule has 3 aromatic rings. The molecule has 0 aliphatic rings. The lowest BCUT2D eigenvalue weighted by atomic mass is 9.98. The zero-order valence-electron chi connectivity index (χ0n) is 16.0. The molecule has 3 aromatic carbocycles. The number of carbonyl (C=O) groups is 2. The minimum atomic E-state index is -0.915. The molecule has 0 saturated carbocycles. The fourth-order valence-electron chi connectivity index (χ4n) is 2.99. The smallest absolute Gasteiger partial charge is 0.339 e. The molecule has 0 radical (unpaired) electrons. The van der Waals surface area contributed by atoms with Crippen molar-refractivity contribution in [3.8, 4) is 0 Å². The van der Waals surface area contributed by atoms with Gasteiger partial charge in [0.15, 0.2) is 6.10 Å². The number of hydrogen-bond donors (Lipinski definition) is 1. The van der Waals surface area contributed by atoms with Crippen LogP contribution in [0.2, 0.25) is 0 Å². The highest BCUT2D eigenvalue weighted by Gasteiger charge is 2.24. The molecule has 0 aliphatic carbocycles. The molecular formula is C24H23NO3. The molecule has 0 saturated heterocycles. The van der Waals surface area contributed by atoms with Crippen molar-refractivity contribution in [2.45, 2.75) is 26.0 Å². The fraction of sp³-hybridized carbons (Fsp3) is 0.167. The molecule has 142 valence electrons. The van der Waals surface area contributed by atoms with Crippen molar-refractivity contribution in [2.24, 2.45) is 0 Å². The van der Waals surface area contributed by atoms with Crippen LogP contribution in [0, 0.1) is 6.92 Å². The first-order valence-corrected chi connectivity index (χ1v) is 9.23. The van der Waals surface area contributed by atoms with Crippen LogP contribution < -0.4 is 5.32 Å². The van der Waals surface area contributed by atoms with Crippen molar-refractivity contribution in [3.63, 3.8) is 0 Å². The third-order valence-corrected chi connectivity index (χ3v) is 4.57. The Morgan fingerprint density at radius 3 is 1.82 bits per heavy atom. The molecule has 0 aromatic heterocycles. The molecule has 1 atom stereocenters. The van der Waals surface area contributed by atoms with E-state index in [4.69, 9.17) is 4.74 Å². The quantitative estimate of drug-likeness (QED) is 0.650. The van der Waals surface area contributed by atoms with E-state index in [2.05, 4.69) is 5.32 Å². The van der Waals surface area contributed by atoms with Crippen molar-refractivity contribution in [1.82, 2.24) is 5.32 Å². The Kier molecular flexibility index (Phi) is 6.22. The number of nitrogens with one attached hydrogen (secondary N) is 1. The highest BCUT2D eigenvalue weighted by molar-refractivity contribution is 5.93. The van der Waals surface area contributed by atoms with Crippen LogP contribution in [0.15, 0.2) is 84.9 Å². The van der Waals surface area contributed by atoms with Crippen molar-refractivity contribution in [3.05, 3.63) is 107 Å². The number of hydrogen-bond acceptors (Lipinski definition) is 3. The van der Waals surface area contributed by atoms with E-state index < -0.39 is 12.1 Å². The van der Waals surface area contributed by atoms with E-state index in [-0.39, 0.29) is 11.9 Å². The van der Waals surface area contributed by atoms with E-state index in [1.807, 2.05) is 79.7 Å². The van der Waals surface area contributed by atoms with Crippen LogP contribution in [0.3, 0.4) is 0 Å². The number of amides is 1. The van der Waals surface area contributed by atoms with Gasteiger partial charge in [-0.25, -0.2) is 4.79 Å². The van der Waals surface area contributed by atoms with E-state index in [9.17, 15) is 9.59 Å². The van der Waals surface area contributed by atoms with Gasteiger partial charge in [-0.1, -0.05) is 78.9 Å². The molecular weight excluding hydrogens is 350 g/mol. The van der Waals surface area contributed by atoms with Gasteiger partial charge in [0, 0.05) is 0 Å². The second-order valence-corrected chi connectivity index (χ2v) is 6.63. The standard InChI is InChI=1S/C24H23NO3/c1-17-11-9-10-16-21(17)24(27)28-18(2)23(26)25-22(19-12-5-3-6-13-19)20-14-7-4-8-15-20/h3-16,18,22H,1-2H3,(H,25,26)/t18-/m0/s1. The summed E-state index contributed by atoms with van der Waals surface area (Å²) in [6, 6.07) is 26.3. The average molecular weight is 373 g/mol. The Morgan fingerprint density at radius 2 is 1.29 bits per heavy atom. The molecule has 4 heteroatoms. The maximum Gasteiger partial charge on any atom is 0.339 e. The fourth-order valence-corrected chi connectivity index (χ4v) is 2.99. The molecule has 0 bridgehead atoms. The molecule has 0 heterocycles. The molecule has 0 fully saturated rings. The normalized spacial score (nSPS) is 11.7. The van der Waals surface area contributed by atoms with E-state index in [0.717, 1.165) is 16.7 Å². The Bertz CT molecular complexity index is 899. The number of rotatable bonds is 6. The van der Waals surface area contributed by atoms with E-state index in [0.29, 0.717) is 5.56 Å². The Hall–Kier alpha value is -3.40. The minimum Gasteiger partial charge on any atom is -0.449 e.